The molecule has 0 unspecified atom stereocenters. The van der Waals surface area contributed by atoms with Gasteiger partial charge in [-0.25, -0.2) is 9.78 Å². The van der Waals surface area contributed by atoms with Crippen LogP contribution in [-0.2, 0) is 6.54 Å². The molecule has 0 spiro atoms. The number of urea groups is 1. The minimum Gasteiger partial charge on any atom is -0.356 e. The van der Waals surface area contributed by atoms with Crippen molar-refractivity contribution in [2.75, 3.05) is 18.0 Å². The minimum absolute atomic E-state index is 0.113. The second-order valence-corrected chi connectivity index (χ2v) is 5.63. The van der Waals surface area contributed by atoms with Crippen LogP contribution in [0.2, 0.25) is 0 Å². The summed E-state index contributed by atoms with van der Waals surface area (Å²) in [6.45, 7) is 2.33. The number of hydrogen-bond donors (Lipinski definition) is 2. The van der Waals surface area contributed by atoms with E-state index in [4.69, 9.17) is 0 Å². The zero-order chi connectivity index (χ0) is 15.9. The highest BCUT2D eigenvalue weighted by Crippen LogP contribution is 2.17. The van der Waals surface area contributed by atoms with E-state index in [-0.39, 0.29) is 12.1 Å². The SMILES string of the molecule is O=C(NCc1ccncc1)NC1CCN(c2ccccn2)CC1. The molecule has 23 heavy (non-hydrogen) atoms. The third-order valence-corrected chi connectivity index (χ3v) is 4.01. The van der Waals surface area contributed by atoms with E-state index in [1.165, 1.54) is 0 Å². The number of piperidine rings is 1. The van der Waals surface area contributed by atoms with Crippen LogP contribution in [0.5, 0.6) is 0 Å². The summed E-state index contributed by atoms with van der Waals surface area (Å²) in [4.78, 5) is 22.6. The molecule has 0 atom stereocenters. The van der Waals surface area contributed by atoms with Crippen molar-refractivity contribution in [3.63, 3.8) is 0 Å². The standard InChI is InChI=1S/C17H21N5O/c23-17(20-13-14-4-9-18-10-5-14)21-15-6-11-22(12-7-15)16-3-1-2-8-19-16/h1-5,8-10,15H,6-7,11-13H2,(H2,20,21,23). The first-order valence-electron chi connectivity index (χ1n) is 7.90. The van der Waals surface area contributed by atoms with Crippen molar-refractivity contribution in [2.24, 2.45) is 0 Å². The van der Waals surface area contributed by atoms with E-state index >= 15 is 0 Å². The molecule has 6 nitrogen and oxygen atoms in total. The van der Waals surface area contributed by atoms with Crippen molar-refractivity contribution < 1.29 is 4.79 Å². The van der Waals surface area contributed by atoms with Crippen LogP contribution in [0, 0.1) is 0 Å². The summed E-state index contributed by atoms with van der Waals surface area (Å²) in [5.41, 5.74) is 1.04. The summed E-state index contributed by atoms with van der Waals surface area (Å²) in [5, 5.41) is 5.93. The predicted molar refractivity (Wildman–Crippen MR) is 89.1 cm³/mol. The van der Waals surface area contributed by atoms with Crippen molar-refractivity contribution in [1.82, 2.24) is 20.6 Å². The Labute approximate surface area is 135 Å². The van der Waals surface area contributed by atoms with Gasteiger partial charge < -0.3 is 15.5 Å². The van der Waals surface area contributed by atoms with Crippen molar-refractivity contribution >= 4 is 11.8 Å². The molecule has 0 saturated carbocycles. The van der Waals surface area contributed by atoms with E-state index in [9.17, 15) is 4.79 Å². The number of nitrogens with zero attached hydrogens (tertiary/aromatic N) is 3. The van der Waals surface area contributed by atoms with Gasteiger partial charge in [-0.3, -0.25) is 4.98 Å². The molecule has 2 aromatic rings. The van der Waals surface area contributed by atoms with Gasteiger partial charge >= 0.3 is 6.03 Å². The van der Waals surface area contributed by atoms with Gasteiger partial charge in [-0.1, -0.05) is 6.07 Å². The van der Waals surface area contributed by atoms with E-state index in [0.29, 0.717) is 6.54 Å². The van der Waals surface area contributed by atoms with Crippen molar-refractivity contribution in [2.45, 2.75) is 25.4 Å². The lowest BCUT2D eigenvalue weighted by atomic mass is 10.1. The van der Waals surface area contributed by atoms with Gasteiger partial charge in [0.15, 0.2) is 0 Å². The zero-order valence-corrected chi connectivity index (χ0v) is 13.0. The van der Waals surface area contributed by atoms with E-state index in [1.807, 2.05) is 36.5 Å². The molecule has 0 aliphatic carbocycles. The number of carbonyl (C=O) groups is 1. The maximum Gasteiger partial charge on any atom is 0.315 e. The number of rotatable bonds is 4. The molecule has 1 aliphatic heterocycles. The van der Waals surface area contributed by atoms with Gasteiger partial charge in [-0.2, -0.15) is 0 Å². The number of pyridine rings is 2. The number of nitrogens with one attached hydrogen (secondary N) is 2. The number of carbonyl (C=O) groups excluding carboxylic acids is 1. The highest BCUT2D eigenvalue weighted by Gasteiger charge is 2.21. The fourth-order valence-electron chi connectivity index (χ4n) is 2.71. The Balaban J connectivity index is 1.41. The number of hydrogen-bond acceptors (Lipinski definition) is 4. The van der Waals surface area contributed by atoms with Gasteiger partial charge in [-0.05, 0) is 42.7 Å². The van der Waals surface area contributed by atoms with Crippen molar-refractivity contribution in [1.29, 1.82) is 0 Å². The van der Waals surface area contributed by atoms with Gasteiger partial charge in [0.25, 0.3) is 0 Å². The third-order valence-electron chi connectivity index (χ3n) is 4.01. The highest BCUT2D eigenvalue weighted by molar-refractivity contribution is 5.74. The Morgan fingerprint density at radius 1 is 1.13 bits per heavy atom. The Morgan fingerprint density at radius 2 is 1.91 bits per heavy atom. The van der Waals surface area contributed by atoms with Crippen LogP contribution >= 0.6 is 0 Å². The van der Waals surface area contributed by atoms with Crippen molar-refractivity contribution in [3.05, 3.63) is 54.5 Å². The zero-order valence-electron chi connectivity index (χ0n) is 13.0. The molecule has 3 heterocycles. The van der Waals surface area contributed by atoms with E-state index in [2.05, 4.69) is 25.5 Å². The van der Waals surface area contributed by atoms with Gasteiger partial charge in [0, 0.05) is 44.3 Å². The molecule has 1 fully saturated rings. The molecule has 0 aromatic carbocycles. The normalized spacial score (nSPS) is 15.2. The first kappa shape index (κ1) is 15.3. The Bertz CT molecular complexity index is 611. The number of anilines is 1. The van der Waals surface area contributed by atoms with Gasteiger partial charge in [0.2, 0.25) is 0 Å². The molecular weight excluding hydrogens is 290 g/mol. The largest absolute Gasteiger partial charge is 0.356 e. The lowest BCUT2D eigenvalue weighted by molar-refractivity contribution is 0.234. The molecular formula is C17H21N5O. The third kappa shape index (κ3) is 4.42. The van der Waals surface area contributed by atoms with Gasteiger partial charge in [-0.15, -0.1) is 0 Å². The van der Waals surface area contributed by atoms with E-state index < -0.39 is 0 Å². The van der Waals surface area contributed by atoms with Crippen LogP contribution in [-0.4, -0.2) is 35.1 Å². The second kappa shape index (κ2) is 7.58. The molecule has 2 aromatic heterocycles. The van der Waals surface area contributed by atoms with E-state index in [1.54, 1.807) is 12.4 Å². The predicted octanol–water partition coefficient (Wildman–Crippen LogP) is 1.94. The van der Waals surface area contributed by atoms with Crippen LogP contribution in [0.1, 0.15) is 18.4 Å². The Hall–Kier alpha value is -2.63. The summed E-state index contributed by atoms with van der Waals surface area (Å²) in [7, 11) is 0. The maximum absolute atomic E-state index is 12.0. The molecule has 6 heteroatoms. The second-order valence-electron chi connectivity index (χ2n) is 5.63. The monoisotopic (exact) mass is 311 g/mol. The smallest absolute Gasteiger partial charge is 0.315 e. The van der Waals surface area contributed by atoms with Crippen LogP contribution in [0.4, 0.5) is 10.6 Å². The lowest BCUT2D eigenvalue weighted by Gasteiger charge is -2.33. The van der Waals surface area contributed by atoms with E-state index in [0.717, 1.165) is 37.3 Å². The van der Waals surface area contributed by atoms with Crippen LogP contribution in [0.25, 0.3) is 0 Å². The molecule has 1 aliphatic rings. The van der Waals surface area contributed by atoms with Gasteiger partial charge in [0.1, 0.15) is 5.82 Å². The first-order valence-corrected chi connectivity index (χ1v) is 7.90. The van der Waals surface area contributed by atoms with Crippen LogP contribution in [0.3, 0.4) is 0 Å². The molecule has 0 bridgehead atoms. The molecule has 0 radical (unpaired) electrons. The molecule has 2 N–H and O–H groups in total. The van der Waals surface area contributed by atoms with Crippen LogP contribution < -0.4 is 15.5 Å². The summed E-state index contributed by atoms with van der Waals surface area (Å²) >= 11 is 0. The molecule has 120 valence electrons. The first-order chi connectivity index (χ1) is 11.3. The van der Waals surface area contributed by atoms with Gasteiger partial charge in [0.05, 0.1) is 0 Å². The summed E-state index contributed by atoms with van der Waals surface area (Å²) < 4.78 is 0. The average Bonchev–Trinajstić information content (AvgIpc) is 2.62. The summed E-state index contributed by atoms with van der Waals surface area (Å²) in [5.74, 6) is 1.01. The quantitative estimate of drug-likeness (QED) is 0.905. The van der Waals surface area contributed by atoms with Crippen molar-refractivity contribution in [3.8, 4) is 0 Å². The Kier molecular flexibility index (Phi) is 5.03. The fraction of sp³-hybridized carbons (Fsp3) is 0.353. The Morgan fingerprint density at radius 3 is 2.61 bits per heavy atom. The minimum atomic E-state index is -0.113. The number of aromatic nitrogens is 2. The molecule has 1 saturated heterocycles. The highest BCUT2D eigenvalue weighted by atomic mass is 16.2. The molecule has 2 amide bonds. The fourth-order valence-corrected chi connectivity index (χ4v) is 2.71. The topological polar surface area (TPSA) is 70.2 Å². The lowest BCUT2D eigenvalue weighted by Crippen LogP contribution is -2.47. The number of amides is 2. The summed E-state index contributed by atoms with van der Waals surface area (Å²) in [6, 6.07) is 9.84. The van der Waals surface area contributed by atoms with Crippen LogP contribution in [0.15, 0.2) is 48.9 Å². The maximum atomic E-state index is 12.0. The average molecular weight is 311 g/mol. The summed E-state index contributed by atoms with van der Waals surface area (Å²) in [6.07, 6.45) is 7.12. The molecule has 3 rings (SSSR count).